The fourth-order valence-electron chi connectivity index (χ4n) is 1.90. The molecule has 0 saturated carbocycles. The van der Waals surface area contributed by atoms with Crippen LogP contribution < -0.4 is 10.1 Å². The third-order valence-electron chi connectivity index (χ3n) is 2.89. The van der Waals surface area contributed by atoms with E-state index in [-0.39, 0.29) is 12.2 Å². The Balaban J connectivity index is 2.32. The van der Waals surface area contributed by atoms with E-state index in [1.165, 1.54) is 6.20 Å². The van der Waals surface area contributed by atoms with Crippen LogP contribution in [0, 0.1) is 11.3 Å². The third kappa shape index (κ3) is 3.33. The predicted molar refractivity (Wildman–Crippen MR) is 82.2 cm³/mol. The second-order valence-electron chi connectivity index (χ2n) is 4.29. The first-order chi connectivity index (χ1) is 10.7. The summed E-state index contributed by atoms with van der Waals surface area (Å²) in [5.74, 6) is -0.0597. The maximum absolute atomic E-state index is 11.5. The first-order valence-electron chi connectivity index (χ1n) is 6.66. The van der Waals surface area contributed by atoms with Crippen LogP contribution in [-0.4, -0.2) is 24.7 Å². The van der Waals surface area contributed by atoms with E-state index in [9.17, 15) is 4.79 Å². The number of nitrogens with zero attached hydrogens (tertiary/aromatic N) is 2. The van der Waals surface area contributed by atoms with Crippen LogP contribution in [0.3, 0.4) is 0 Å². The number of nitrogens with one attached hydrogen (secondary N) is 1. The molecule has 22 heavy (non-hydrogen) atoms. The van der Waals surface area contributed by atoms with E-state index in [1.807, 2.05) is 18.2 Å². The van der Waals surface area contributed by atoms with E-state index >= 15 is 0 Å². The average Bonchev–Trinajstić information content (AvgIpc) is 2.54. The van der Waals surface area contributed by atoms with E-state index in [0.717, 1.165) is 10.9 Å². The second kappa shape index (κ2) is 7.09. The summed E-state index contributed by atoms with van der Waals surface area (Å²) in [7, 11) is 1.56. The Labute approximate surface area is 128 Å². The van der Waals surface area contributed by atoms with E-state index < -0.39 is 5.97 Å². The first-order valence-corrected chi connectivity index (χ1v) is 6.66. The van der Waals surface area contributed by atoms with Gasteiger partial charge in [0.2, 0.25) is 0 Å². The fourth-order valence-corrected chi connectivity index (χ4v) is 1.90. The molecule has 6 heteroatoms. The number of nitriles is 1. The molecule has 1 aromatic carbocycles. The van der Waals surface area contributed by atoms with Crippen molar-refractivity contribution in [1.29, 1.82) is 5.26 Å². The quantitative estimate of drug-likeness (QED) is 0.519. The molecular formula is C16H15N3O3. The van der Waals surface area contributed by atoms with Gasteiger partial charge in [-0.1, -0.05) is 6.07 Å². The van der Waals surface area contributed by atoms with Gasteiger partial charge in [0.25, 0.3) is 0 Å². The Bertz CT molecular complexity index is 763. The molecule has 0 amide bonds. The molecule has 0 aliphatic rings. The number of pyridine rings is 1. The minimum absolute atomic E-state index is 0.105. The summed E-state index contributed by atoms with van der Waals surface area (Å²) < 4.78 is 10.1. The number of fused-ring (bicyclic) bond motifs is 1. The van der Waals surface area contributed by atoms with Crippen molar-refractivity contribution in [2.75, 3.05) is 19.0 Å². The van der Waals surface area contributed by atoms with Crippen LogP contribution in [0.1, 0.15) is 6.92 Å². The maximum atomic E-state index is 11.5. The Morgan fingerprint density at radius 1 is 1.50 bits per heavy atom. The summed E-state index contributed by atoms with van der Waals surface area (Å²) in [6.07, 6.45) is 3.00. The molecule has 0 saturated heterocycles. The number of hydrogen-bond donors (Lipinski definition) is 1. The van der Waals surface area contributed by atoms with Gasteiger partial charge in [0.05, 0.1) is 13.7 Å². The SMILES string of the molecule is CCOC(=O)/C(C#N)=C\Nc1cc(OC)c2ncccc2c1. The van der Waals surface area contributed by atoms with Crippen molar-refractivity contribution < 1.29 is 14.3 Å². The molecule has 0 aliphatic carbocycles. The minimum Gasteiger partial charge on any atom is -0.494 e. The summed E-state index contributed by atoms with van der Waals surface area (Å²) in [5, 5.41) is 12.8. The van der Waals surface area contributed by atoms with E-state index in [2.05, 4.69) is 10.3 Å². The number of methoxy groups -OCH3 is 1. The summed E-state index contributed by atoms with van der Waals surface area (Å²) in [5.41, 5.74) is 1.31. The van der Waals surface area contributed by atoms with Crippen molar-refractivity contribution in [2.45, 2.75) is 6.92 Å². The van der Waals surface area contributed by atoms with Gasteiger partial charge in [-0.3, -0.25) is 4.98 Å². The number of ether oxygens (including phenoxy) is 2. The minimum atomic E-state index is -0.660. The molecular weight excluding hydrogens is 282 g/mol. The smallest absolute Gasteiger partial charge is 0.350 e. The van der Waals surface area contributed by atoms with Crippen LogP contribution in [0.15, 0.2) is 42.2 Å². The van der Waals surface area contributed by atoms with Crippen LogP contribution in [0.5, 0.6) is 5.75 Å². The number of carbonyl (C=O) groups is 1. The molecule has 112 valence electrons. The zero-order chi connectivity index (χ0) is 15.9. The summed E-state index contributed by atoms with van der Waals surface area (Å²) in [4.78, 5) is 15.8. The van der Waals surface area contributed by atoms with E-state index in [1.54, 1.807) is 32.4 Å². The second-order valence-corrected chi connectivity index (χ2v) is 4.29. The highest BCUT2D eigenvalue weighted by atomic mass is 16.5. The highest BCUT2D eigenvalue weighted by molar-refractivity contribution is 5.93. The van der Waals surface area contributed by atoms with Gasteiger partial charge in [-0.15, -0.1) is 0 Å². The lowest BCUT2D eigenvalue weighted by molar-refractivity contribution is -0.138. The van der Waals surface area contributed by atoms with Gasteiger partial charge >= 0.3 is 5.97 Å². The largest absolute Gasteiger partial charge is 0.494 e. The molecule has 2 rings (SSSR count). The van der Waals surface area contributed by atoms with Gasteiger partial charge in [-0.25, -0.2) is 4.79 Å². The van der Waals surface area contributed by atoms with Crippen LogP contribution in [-0.2, 0) is 9.53 Å². The Morgan fingerprint density at radius 3 is 3.00 bits per heavy atom. The molecule has 0 radical (unpaired) electrons. The zero-order valence-corrected chi connectivity index (χ0v) is 12.3. The van der Waals surface area contributed by atoms with Crippen LogP contribution in [0.4, 0.5) is 5.69 Å². The Hall–Kier alpha value is -3.07. The highest BCUT2D eigenvalue weighted by Gasteiger charge is 2.10. The zero-order valence-electron chi connectivity index (χ0n) is 12.3. The molecule has 0 atom stereocenters. The van der Waals surface area contributed by atoms with Crippen molar-refractivity contribution in [3.05, 3.63) is 42.2 Å². The fraction of sp³-hybridized carbons (Fsp3) is 0.188. The lowest BCUT2D eigenvalue weighted by Crippen LogP contribution is -2.07. The molecule has 2 aromatic rings. The lowest BCUT2D eigenvalue weighted by atomic mass is 10.2. The van der Waals surface area contributed by atoms with Crippen molar-refractivity contribution in [2.24, 2.45) is 0 Å². The lowest BCUT2D eigenvalue weighted by Gasteiger charge is -2.08. The molecule has 0 spiro atoms. The van der Waals surface area contributed by atoms with Crippen LogP contribution >= 0.6 is 0 Å². The van der Waals surface area contributed by atoms with E-state index in [0.29, 0.717) is 11.4 Å². The maximum Gasteiger partial charge on any atom is 0.350 e. The van der Waals surface area contributed by atoms with Crippen molar-refractivity contribution in [3.63, 3.8) is 0 Å². The van der Waals surface area contributed by atoms with Gasteiger partial charge in [0.1, 0.15) is 17.3 Å². The standard InChI is InChI=1S/C16H15N3O3/c1-3-22-16(20)12(9-17)10-19-13-7-11-5-4-6-18-15(11)14(8-13)21-2/h4-8,10,19H,3H2,1-2H3/b12-10-. The van der Waals surface area contributed by atoms with Gasteiger partial charge in [-0.05, 0) is 19.1 Å². The van der Waals surface area contributed by atoms with Crippen LogP contribution in [0.2, 0.25) is 0 Å². The van der Waals surface area contributed by atoms with Gasteiger partial charge in [0.15, 0.2) is 5.57 Å². The van der Waals surface area contributed by atoms with Gasteiger partial charge in [-0.2, -0.15) is 5.26 Å². The molecule has 0 aliphatic heterocycles. The summed E-state index contributed by atoms with van der Waals surface area (Å²) in [6, 6.07) is 9.11. The Kier molecular flexibility index (Phi) is 4.94. The topological polar surface area (TPSA) is 84.2 Å². The van der Waals surface area contributed by atoms with Gasteiger partial charge in [0, 0.05) is 29.5 Å². The van der Waals surface area contributed by atoms with Gasteiger partial charge < -0.3 is 14.8 Å². The van der Waals surface area contributed by atoms with Crippen molar-refractivity contribution in [1.82, 2.24) is 4.98 Å². The molecule has 1 aromatic heterocycles. The normalized spacial score (nSPS) is 10.9. The number of esters is 1. The Morgan fingerprint density at radius 2 is 2.32 bits per heavy atom. The number of benzene rings is 1. The summed E-state index contributed by atoms with van der Waals surface area (Å²) >= 11 is 0. The number of carbonyl (C=O) groups excluding carboxylic acids is 1. The molecule has 0 fully saturated rings. The number of anilines is 1. The van der Waals surface area contributed by atoms with E-state index in [4.69, 9.17) is 14.7 Å². The molecule has 0 unspecified atom stereocenters. The van der Waals surface area contributed by atoms with Crippen molar-refractivity contribution >= 4 is 22.6 Å². The first kappa shape index (κ1) is 15.3. The molecule has 1 N–H and O–H groups in total. The number of aromatic nitrogens is 1. The molecule has 6 nitrogen and oxygen atoms in total. The number of rotatable bonds is 5. The average molecular weight is 297 g/mol. The highest BCUT2D eigenvalue weighted by Crippen LogP contribution is 2.28. The molecule has 1 heterocycles. The number of hydrogen-bond acceptors (Lipinski definition) is 6. The monoisotopic (exact) mass is 297 g/mol. The summed E-state index contributed by atoms with van der Waals surface area (Å²) in [6.45, 7) is 1.90. The van der Waals surface area contributed by atoms with Crippen molar-refractivity contribution in [3.8, 4) is 11.8 Å². The predicted octanol–water partition coefficient (Wildman–Crippen LogP) is 2.63. The van der Waals surface area contributed by atoms with Crippen LogP contribution in [0.25, 0.3) is 10.9 Å². The molecule has 0 bridgehead atoms. The third-order valence-corrected chi connectivity index (χ3v) is 2.89.